The zero-order chi connectivity index (χ0) is 17.6. The van der Waals surface area contributed by atoms with E-state index in [1.54, 1.807) is 28.2 Å². The predicted molar refractivity (Wildman–Crippen MR) is 109 cm³/mol. The van der Waals surface area contributed by atoms with Crippen LogP contribution in [0.4, 0.5) is 0 Å². The molecule has 0 saturated heterocycles. The Hall–Kier alpha value is -1.54. The van der Waals surface area contributed by atoms with Gasteiger partial charge in [-0.25, -0.2) is 0 Å². The van der Waals surface area contributed by atoms with Crippen LogP contribution in [0.2, 0.25) is 0 Å². The van der Waals surface area contributed by atoms with Crippen molar-refractivity contribution in [3.8, 4) is 0 Å². The van der Waals surface area contributed by atoms with E-state index in [1.165, 1.54) is 21.5 Å². The van der Waals surface area contributed by atoms with E-state index in [2.05, 4.69) is 95.6 Å². The molecule has 0 atom stereocenters. The molecule has 4 aromatic rings. The summed E-state index contributed by atoms with van der Waals surface area (Å²) >= 11 is 0. The van der Waals surface area contributed by atoms with Crippen LogP contribution >= 0.6 is 0 Å². The largest absolute Gasteiger partial charge is 4.00 e. The number of hydrogen-bond donors (Lipinski definition) is 0. The van der Waals surface area contributed by atoms with E-state index in [9.17, 15) is 0 Å². The van der Waals surface area contributed by atoms with Crippen molar-refractivity contribution in [3.05, 3.63) is 95.6 Å². The third kappa shape index (κ3) is 8.93. The summed E-state index contributed by atoms with van der Waals surface area (Å²) in [5, 5.41) is 12.3. The first kappa shape index (κ1) is 23.5. The van der Waals surface area contributed by atoms with Gasteiger partial charge in [-0.05, 0) is 0 Å². The summed E-state index contributed by atoms with van der Waals surface area (Å²) in [6.07, 6.45) is 0. The summed E-state index contributed by atoms with van der Waals surface area (Å²) in [5.74, 6) is 0. The van der Waals surface area contributed by atoms with Gasteiger partial charge in [-0.2, -0.15) is 63.2 Å². The molecule has 0 amide bonds. The van der Waals surface area contributed by atoms with Gasteiger partial charge >= 0.3 is 26.2 Å². The molecule has 25 heavy (non-hydrogen) atoms. The number of benzene rings is 2. The second kappa shape index (κ2) is 14.8. The van der Waals surface area contributed by atoms with Crippen molar-refractivity contribution in [2.45, 2.75) is 0 Å². The molecule has 0 N–H and O–H groups in total. The molecule has 0 fully saturated rings. The Morgan fingerprint density at radius 1 is 0.560 bits per heavy atom. The Labute approximate surface area is 171 Å². The van der Waals surface area contributed by atoms with Crippen molar-refractivity contribution in [1.29, 1.82) is 0 Å². The summed E-state index contributed by atoms with van der Waals surface area (Å²) < 4.78 is 0. The van der Waals surface area contributed by atoms with Crippen molar-refractivity contribution in [2.24, 2.45) is 0 Å². The van der Waals surface area contributed by atoms with E-state index < -0.39 is 0 Å². The second-order valence-corrected chi connectivity index (χ2v) is 5.20. The van der Waals surface area contributed by atoms with Crippen LogP contribution in [0, 0.1) is 0 Å². The molecule has 4 rings (SSSR count). The number of nitrogens with zero attached hydrogens (tertiary/aromatic N) is 2. The van der Waals surface area contributed by atoms with Crippen LogP contribution in [0.1, 0.15) is 0 Å². The Kier molecular flexibility index (Phi) is 13.9. The Balaban J connectivity index is 0.000000344. The molecule has 0 spiro atoms. The average molecular weight is 410 g/mol. The maximum atomic E-state index is 3.50. The van der Waals surface area contributed by atoms with Gasteiger partial charge in [-0.15, -0.1) is 59.3 Å². The standard InChI is InChI=1S/2C9H7.2C2H6N.Zr/c2*1-2-5-9-7-3-6-8(9)4-1;2*1-3-2;/h2*1-7H;2*1-2H3;/q4*-1;+4. The third-order valence-electron chi connectivity index (χ3n) is 3.10. The van der Waals surface area contributed by atoms with Crippen LogP contribution in [0.3, 0.4) is 0 Å². The Morgan fingerprint density at radius 2 is 0.880 bits per heavy atom. The van der Waals surface area contributed by atoms with Crippen LogP contribution in [-0.4, -0.2) is 28.2 Å². The number of hydrogen-bond acceptors (Lipinski definition) is 0. The molecule has 0 radical (unpaired) electrons. The van der Waals surface area contributed by atoms with E-state index in [-0.39, 0.29) is 26.2 Å². The molecular weight excluding hydrogens is 383 g/mol. The maximum Gasteiger partial charge on any atom is 4.00 e. The Bertz CT molecular complexity index is 658. The fourth-order valence-corrected chi connectivity index (χ4v) is 2.14. The van der Waals surface area contributed by atoms with Crippen LogP contribution < -0.4 is 0 Å². The predicted octanol–water partition coefficient (Wildman–Crippen LogP) is 6.35. The molecule has 0 aliphatic rings. The summed E-state index contributed by atoms with van der Waals surface area (Å²) in [6, 6.07) is 29.3. The second-order valence-electron chi connectivity index (χ2n) is 5.20. The first-order valence-electron chi connectivity index (χ1n) is 7.93. The van der Waals surface area contributed by atoms with Gasteiger partial charge in [-0.1, -0.05) is 12.1 Å². The normalized spacial score (nSPS) is 8.80. The first-order chi connectivity index (χ1) is 11.8. The van der Waals surface area contributed by atoms with Gasteiger partial charge in [0.1, 0.15) is 0 Å². The molecule has 0 unspecified atom stereocenters. The van der Waals surface area contributed by atoms with Crippen molar-refractivity contribution in [1.82, 2.24) is 0 Å². The third-order valence-corrected chi connectivity index (χ3v) is 3.10. The monoisotopic (exact) mass is 408 g/mol. The summed E-state index contributed by atoms with van der Waals surface area (Å²) in [7, 11) is 7.00. The summed E-state index contributed by atoms with van der Waals surface area (Å²) in [6.45, 7) is 0. The fourth-order valence-electron chi connectivity index (χ4n) is 2.14. The van der Waals surface area contributed by atoms with Gasteiger partial charge in [0.2, 0.25) is 0 Å². The first-order valence-corrected chi connectivity index (χ1v) is 7.93. The SMILES string of the molecule is C[N-]C.C[N-]C.[Zr+4].c1ccc2[cH-]ccc2c1.c1ccc2[cH-]ccc2c1. The zero-order valence-corrected chi connectivity index (χ0v) is 17.9. The van der Waals surface area contributed by atoms with Crippen LogP contribution in [0.5, 0.6) is 0 Å². The molecule has 0 bridgehead atoms. The molecule has 0 heterocycles. The Morgan fingerprint density at radius 3 is 1.20 bits per heavy atom. The van der Waals surface area contributed by atoms with Gasteiger partial charge < -0.3 is 10.6 Å². The minimum absolute atomic E-state index is 0. The minimum Gasteiger partial charge on any atom is -0.668 e. The minimum atomic E-state index is 0. The van der Waals surface area contributed by atoms with E-state index in [0.29, 0.717) is 0 Å². The molecule has 0 saturated carbocycles. The quantitative estimate of drug-likeness (QED) is 0.303. The van der Waals surface area contributed by atoms with Crippen molar-refractivity contribution >= 4 is 21.5 Å². The van der Waals surface area contributed by atoms with Crippen LogP contribution in [0.15, 0.2) is 84.9 Å². The van der Waals surface area contributed by atoms with E-state index in [1.807, 2.05) is 0 Å². The average Bonchev–Trinajstić information content (AvgIpc) is 3.26. The molecule has 3 heteroatoms. The maximum absolute atomic E-state index is 3.50. The fraction of sp³-hybridized carbons (Fsp3) is 0.182. The van der Waals surface area contributed by atoms with E-state index >= 15 is 0 Å². The topological polar surface area (TPSA) is 28.2 Å². The van der Waals surface area contributed by atoms with Crippen molar-refractivity contribution in [2.75, 3.05) is 28.2 Å². The summed E-state index contributed by atoms with van der Waals surface area (Å²) in [4.78, 5) is 0. The molecule has 0 aromatic heterocycles. The number of rotatable bonds is 0. The molecule has 2 nitrogen and oxygen atoms in total. The van der Waals surface area contributed by atoms with Gasteiger partial charge in [-0.3, -0.25) is 0 Å². The van der Waals surface area contributed by atoms with Gasteiger partial charge in [0.25, 0.3) is 0 Å². The van der Waals surface area contributed by atoms with Crippen molar-refractivity contribution in [3.63, 3.8) is 0 Å². The molecule has 0 aliphatic carbocycles. The zero-order valence-electron chi connectivity index (χ0n) is 15.5. The van der Waals surface area contributed by atoms with E-state index in [0.717, 1.165) is 0 Å². The van der Waals surface area contributed by atoms with Gasteiger partial charge in [0.15, 0.2) is 0 Å². The molecule has 4 aromatic carbocycles. The number of fused-ring (bicyclic) bond motifs is 2. The summed E-state index contributed by atoms with van der Waals surface area (Å²) in [5.41, 5.74) is 0. The van der Waals surface area contributed by atoms with Crippen LogP contribution in [0.25, 0.3) is 32.2 Å². The van der Waals surface area contributed by atoms with Crippen molar-refractivity contribution < 1.29 is 26.2 Å². The van der Waals surface area contributed by atoms with E-state index in [4.69, 9.17) is 0 Å². The van der Waals surface area contributed by atoms with Gasteiger partial charge in [0.05, 0.1) is 0 Å². The van der Waals surface area contributed by atoms with Gasteiger partial charge in [0, 0.05) is 0 Å². The molecular formula is C22H26N2Zr. The molecule has 128 valence electrons. The molecule has 0 aliphatic heterocycles. The van der Waals surface area contributed by atoms with Crippen LogP contribution in [-0.2, 0) is 26.2 Å². The smallest absolute Gasteiger partial charge is 0.668 e.